The van der Waals surface area contributed by atoms with Gasteiger partial charge in [0.2, 0.25) is 15.9 Å². The van der Waals surface area contributed by atoms with Gasteiger partial charge in [-0.25, -0.2) is 8.42 Å². The van der Waals surface area contributed by atoms with Gasteiger partial charge in [0.25, 0.3) is 0 Å². The molecule has 0 saturated carbocycles. The quantitative estimate of drug-likeness (QED) is 0.723. The van der Waals surface area contributed by atoms with Crippen molar-refractivity contribution in [3.8, 4) is 0 Å². The van der Waals surface area contributed by atoms with Crippen LogP contribution in [0.15, 0.2) is 41.3 Å². The van der Waals surface area contributed by atoms with Crippen LogP contribution in [0.5, 0.6) is 0 Å². The summed E-state index contributed by atoms with van der Waals surface area (Å²) in [4.78, 5) is 16.1. The Balaban J connectivity index is 1.53. The zero-order valence-electron chi connectivity index (χ0n) is 17.4. The molecule has 4 rings (SSSR count). The van der Waals surface area contributed by atoms with Crippen LogP contribution in [-0.2, 0) is 21.2 Å². The molecule has 2 aromatic carbocycles. The molecule has 0 spiro atoms. The molecule has 1 amide bonds. The van der Waals surface area contributed by atoms with Gasteiger partial charge in [-0.3, -0.25) is 4.79 Å². The van der Waals surface area contributed by atoms with Gasteiger partial charge in [0, 0.05) is 55.5 Å². The lowest BCUT2D eigenvalue weighted by Gasteiger charge is -2.36. The van der Waals surface area contributed by atoms with E-state index in [2.05, 4.69) is 4.90 Å². The summed E-state index contributed by atoms with van der Waals surface area (Å²) in [5, 5.41) is 0.678. The number of fused-ring (bicyclic) bond motifs is 1. The summed E-state index contributed by atoms with van der Waals surface area (Å²) in [5.41, 5.74) is 3.90. The molecule has 1 atom stereocenters. The van der Waals surface area contributed by atoms with Crippen LogP contribution in [0.2, 0.25) is 5.02 Å². The van der Waals surface area contributed by atoms with E-state index in [0.717, 1.165) is 22.5 Å². The first-order valence-electron chi connectivity index (χ1n) is 10.1. The van der Waals surface area contributed by atoms with E-state index in [1.54, 1.807) is 27.4 Å². The van der Waals surface area contributed by atoms with E-state index in [4.69, 9.17) is 11.6 Å². The maximum Gasteiger partial charge on any atom is 0.243 e. The molecule has 8 heteroatoms. The van der Waals surface area contributed by atoms with Gasteiger partial charge in [0.15, 0.2) is 0 Å². The molecule has 0 aliphatic carbocycles. The summed E-state index contributed by atoms with van der Waals surface area (Å²) >= 11 is 6.15. The summed E-state index contributed by atoms with van der Waals surface area (Å²) in [6.45, 7) is 7.61. The van der Waals surface area contributed by atoms with Crippen LogP contribution in [0.3, 0.4) is 0 Å². The topological polar surface area (TPSA) is 60.9 Å². The first-order chi connectivity index (χ1) is 14.2. The lowest BCUT2D eigenvalue weighted by molar-refractivity contribution is -0.116. The molecule has 1 fully saturated rings. The third-order valence-corrected chi connectivity index (χ3v) is 8.12. The molecular formula is C22H26ClN3O3S. The van der Waals surface area contributed by atoms with E-state index in [-0.39, 0.29) is 11.9 Å². The average molecular weight is 448 g/mol. The SMILES string of the molecule is CC(=O)N1c2ccc(S(=O)(=O)N3CCN(c4cc(Cl)ccc4C)CC3)cc2C[C@H]1C. The van der Waals surface area contributed by atoms with Crippen molar-refractivity contribution in [3.63, 3.8) is 0 Å². The minimum absolute atomic E-state index is 0.0238. The van der Waals surface area contributed by atoms with E-state index in [1.807, 2.05) is 32.0 Å². The maximum atomic E-state index is 13.3. The third kappa shape index (κ3) is 3.70. The number of carbonyl (C=O) groups excluding carboxylic acids is 1. The van der Waals surface area contributed by atoms with Crippen molar-refractivity contribution in [1.82, 2.24) is 4.31 Å². The Kier molecular flexibility index (Phi) is 5.55. The average Bonchev–Trinajstić information content (AvgIpc) is 3.05. The van der Waals surface area contributed by atoms with Gasteiger partial charge in [-0.05, 0) is 61.7 Å². The van der Waals surface area contributed by atoms with Crippen LogP contribution in [0.25, 0.3) is 0 Å². The van der Waals surface area contributed by atoms with Gasteiger partial charge in [-0.1, -0.05) is 17.7 Å². The largest absolute Gasteiger partial charge is 0.369 e. The number of halogens is 1. The Hall–Kier alpha value is -2.09. The van der Waals surface area contributed by atoms with E-state index in [0.29, 0.717) is 42.5 Å². The highest BCUT2D eigenvalue weighted by molar-refractivity contribution is 7.89. The number of hydrogen-bond donors (Lipinski definition) is 0. The number of carbonyl (C=O) groups is 1. The number of anilines is 2. The highest BCUT2D eigenvalue weighted by atomic mass is 35.5. The molecule has 160 valence electrons. The van der Waals surface area contributed by atoms with Crippen LogP contribution >= 0.6 is 11.6 Å². The van der Waals surface area contributed by atoms with Crippen molar-refractivity contribution in [1.29, 1.82) is 0 Å². The molecule has 0 N–H and O–H groups in total. The lowest BCUT2D eigenvalue weighted by Crippen LogP contribution is -2.48. The second-order valence-corrected chi connectivity index (χ2v) is 10.4. The second kappa shape index (κ2) is 7.87. The summed E-state index contributed by atoms with van der Waals surface area (Å²) in [6, 6.07) is 10.9. The van der Waals surface area contributed by atoms with Crippen molar-refractivity contribution in [2.24, 2.45) is 0 Å². The Morgan fingerprint density at radius 1 is 1.03 bits per heavy atom. The standard InChI is InChI=1S/C22H26ClN3O3S/c1-15-4-5-19(23)14-22(15)24-8-10-25(11-9-24)30(28,29)20-6-7-21-18(13-20)12-16(2)26(21)17(3)27/h4-7,13-14,16H,8-12H2,1-3H3/t16-/m1/s1. The molecule has 0 bridgehead atoms. The predicted octanol–water partition coefficient (Wildman–Crippen LogP) is 3.46. The van der Waals surface area contributed by atoms with E-state index >= 15 is 0 Å². The minimum atomic E-state index is -3.59. The van der Waals surface area contributed by atoms with Crippen LogP contribution in [0.1, 0.15) is 25.0 Å². The molecule has 2 heterocycles. The first kappa shape index (κ1) is 21.2. The molecular weight excluding hydrogens is 422 g/mol. The van der Waals surface area contributed by atoms with E-state index in [1.165, 1.54) is 6.92 Å². The number of piperazine rings is 1. The van der Waals surface area contributed by atoms with Crippen LogP contribution in [0, 0.1) is 6.92 Å². The number of benzene rings is 2. The normalized spacial score (nSPS) is 19.8. The molecule has 2 aliphatic heterocycles. The van der Waals surface area contributed by atoms with Gasteiger partial charge in [0.1, 0.15) is 0 Å². The number of hydrogen-bond acceptors (Lipinski definition) is 4. The van der Waals surface area contributed by atoms with Gasteiger partial charge in [-0.2, -0.15) is 4.31 Å². The lowest BCUT2D eigenvalue weighted by atomic mass is 10.1. The molecule has 0 radical (unpaired) electrons. The van der Waals surface area contributed by atoms with E-state index < -0.39 is 10.0 Å². The van der Waals surface area contributed by atoms with Gasteiger partial charge >= 0.3 is 0 Å². The minimum Gasteiger partial charge on any atom is -0.369 e. The Bertz CT molecular complexity index is 1090. The molecule has 30 heavy (non-hydrogen) atoms. The van der Waals surface area contributed by atoms with Crippen molar-refractivity contribution in [2.75, 3.05) is 36.0 Å². The predicted molar refractivity (Wildman–Crippen MR) is 120 cm³/mol. The highest BCUT2D eigenvalue weighted by Gasteiger charge is 2.33. The Morgan fingerprint density at radius 3 is 2.40 bits per heavy atom. The number of sulfonamides is 1. The van der Waals surface area contributed by atoms with Crippen LogP contribution in [0.4, 0.5) is 11.4 Å². The van der Waals surface area contributed by atoms with Gasteiger partial charge in [-0.15, -0.1) is 0 Å². The van der Waals surface area contributed by atoms with Crippen molar-refractivity contribution in [2.45, 2.75) is 38.1 Å². The Morgan fingerprint density at radius 2 is 1.73 bits per heavy atom. The van der Waals surface area contributed by atoms with Crippen molar-refractivity contribution < 1.29 is 13.2 Å². The van der Waals surface area contributed by atoms with Crippen LogP contribution in [-0.4, -0.2) is 50.9 Å². The number of rotatable bonds is 3. The monoisotopic (exact) mass is 447 g/mol. The van der Waals surface area contributed by atoms with Crippen molar-refractivity contribution in [3.05, 3.63) is 52.5 Å². The number of nitrogens with zero attached hydrogens (tertiary/aromatic N) is 3. The molecule has 2 aliphatic rings. The summed E-state index contributed by atoms with van der Waals surface area (Å²) in [7, 11) is -3.59. The van der Waals surface area contributed by atoms with Gasteiger partial charge in [0.05, 0.1) is 4.90 Å². The number of aryl methyl sites for hydroxylation is 1. The molecule has 2 aromatic rings. The third-order valence-electron chi connectivity index (χ3n) is 5.99. The fourth-order valence-corrected chi connectivity index (χ4v) is 6.13. The summed E-state index contributed by atoms with van der Waals surface area (Å²) in [5.74, 6) is -0.0238. The Labute approximate surface area is 183 Å². The zero-order chi connectivity index (χ0) is 21.6. The van der Waals surface area contributed by atoms with Gasteiger partial charge < -0.3 is 9.80 Å². The molecule has 6 nitrogen and oxygen atoms in total. The first-order valence-corrected chi connectivity index (χ1v) is 11.9. The fourth-order valence-electron chi connectivity index (χ4n) is 4.49. The summed E-state index contributed by atoms with van der Waals surface area (Å²) in [6.07, 6.45) is 0.667. The zero-order valence-corrected chi connectivity index (χ0v) is 19.0. The fraction of sp³-hybridized carbons (Fsp3) is 0.409. The maximum absolute atomic E-state index is 13.3. The van der Waals surface area contributed by atoms with Crippen LogP contribution < -0.4 is 9.80 Å². The highest BCUT2D eigenvalue weighted by Crippen LogP contribution is 2.35. The molecule has 0 unspecified atom stereocenters. The summed E-state index contributed by atoms with van der Waals surface area (Å²) < 4.78 is 28.1. The van der Waals surface area contributed by atoms with Crippen molar-refractivity contribution >= 4 is 38.9 Å². The number of amides is 1. The van der Waals surface area contributed by atoms with E-state index in [9.17, 15) is 13.2 Å². The molecule has 1 saturated heterocycles. The molecule has 0 aromatic heterocycles. The second-order valence-electron chi connectivity index (χ2n) is 8.05. The smallest absolute Gasteiger partial charge is 0.243 e.